The fourth-order valence-electron chi connectivity index (χ4n) is 3.52. The van der Waals surface area contributed by atoms with E-state index in [1.807, 2.05) is 19.1 Å². The largest absolute Gasteiger partial charge is 0.465 e. The molecule has 3 rings (SSSR count). The molecule has 1 N–H and O–H groups in total. The number of benzene rings is 3. The number of rotatable bonds is 7. The number of nitrogens with one attached hydrogen (secondary N) is 1. The molecule has 0 aliphatic carbocycles. The van der Waals surface area contributed by atoms with E-state index in [4.69, 9.17) is 0 Å². The zero-order chi connectivity index (χ0) is 23.3. The topological polar surface area (TPSA) is 38.3 Å². The third-order valence-electron chi connectivity index (χ3n) is 5.19. The average molecular weight is 445 g/mol. The van der Waals surface area contributed by atoms with Gasteiger partial charge in [-0.2, -0.15) is 13.2 Å². The molecule has 0 aromatic heterocycles. The first-order valence-corrected chi connectivity index (χ1v) is 10.0. The molecule has 0 heterocycles. The zero-order valence-electron chi connectivity index (χ0n) is 17.7. The second-order valence-corrected chi connectivity index (χ2v) is 7.50. The summed E-state index contributed by atoms with van der Waals surface area (Å²) in [4.78, 5) is 11.6. The number of carbonyl (C=O) groups excluding carboxylic acids is 1. The van der Waals surface area contributed by atoms with Crippen molar-refractivity contribution < 1.29 is 27.1 Å². The predicted molar refractivity (Wildman–Crippen MR) is 116 cm³/mol. The molecule has 3 nitrogen and oxygen atoms in total. The average Bonchev–Trinajstić information content (AvgIpc) is 2.76. The summed E-state index contributed by atoms with van der Waals surface area (Å²) in [7, 11) is 1.28. The van der Waals surface area contributed by atoms with E-state index in [0.29, 0.717) is 11.3 Å². The molecule has 0 saturated heterocycles. The van der Waals surface area contributed by atoms with Gasteiger partial charge in [0.05, 0.1) is 18.7 Å². The lowest BCUT2D eigenvalue weighted by molar-refractivity contribution is -0.136. The third kappa shape index (κ3) is 6.09. The lowest BCUT2D eigenvalue weighted by Gasteiger charge is -2.23. The first-order chi connectivity index (χ1) is 15.2. The lowest BCUT2D eigenvalue weighted by Crippen LogP contribution is -2.17. The van der Waals surface area contributed by atoms with Crippen LogP contribution in [0.3, 0.4) is 0 Å². The molecule has 32 heavy (non-hydrogen) atoms. The molecule has 0 aliphatic heterocycles. The van der Waals surface area contributed by atoms with Crippen molar-refractivity contribution in [2.45, 2.75) is 32.0 Å². The Morgan fingerprint density at radius 1 is 0.969 bits per heavy atom. The number of aryl methyl sites for hydroxylation is 1. The van der Waals surface area contributed by atoms with Crippen LogP contribution in [0.5, 0.6) is 0 Å². The van der Waals surface area contributed by atoms with Crippen LogP contribution in [0.1, 0.15) is 40.4 Å². The van der Waals surface area contributed by atoms with Crippen molar-refractivity contribution in [2.75, 3.05) is 12.4 Å². The zero-order valence-corrected chi connectivity index (χ0v) is 17.7. The van der Waals surface area contributed by atoms with Crippen molar-refractivity contribution in [2.24, 2.45) is 0 Å². The number of alkyl halides is 3. The van der Waals surface area contributed by atoms with Gasteiger partial charge in [-0.25, -0.2) is 9.18 Å². The van der Waals surface area contributed by atoms with Crippen LogP contribution in [0.2, 0.25) is 0 Å². The summed E-state index contributed by atoms with van der Waals surface area (Å²) in [5.74, 6) is -0.825. The standard InChI is InChI=1S/C25H23F4NO2/c1-16-15-19(17-3-8-20(26)9-4-17)7-12-22(16)23(13-14-25(27,28)29)30-21-10-5-18(6-11-21)24(31)32-2/h3-12,15,23,30H,13-14H2,1-2H3. The summed E-state index contributed by atoms with van der Waals surface area (Å²) in [5.41, 5.74) is 4.16. The summed E-state index contributed by atoms with van der Waals surface area (Å²) >= 11 is 0. The Kier molecular flexibility index (Phi) is 7.18. The van der Waals surface area contributed by atoms with Gasteiger partial charge in [0.15, 0.2) is 0 Å². The highest BCUT2D eigenvalue weighted by Crippen LogP contribution is 2.33. The molecule has 1 atom stereocenters. The Hall–Kier alpha value is -3.35. The predicted octanol–water partition coefficient (Wildman–Crippen LogP) is 7.08. The fraction of sp³-hybridized carbons (Fsp3) is 0.240. The molecule has 3 aromatic carbocycles. The van der Waals surface area contributed by atoms with Gasteiger partial charge in [0.2, 0.25) is 0 Å². The van der Waals surface area contributed by atoms with Crippen molar-refractivity contribution in [3.63, 3.8) is 0 Å². The minimum atomic E-state index is -4.28. The van der Waals surface area contributed by atoms with Crippen LogP contribution in [0, 0.1) is 12.7 Å². The fourth-order valence-corrected chi connectivity index (χ4v) is 3.52. The number of ether oxygens (including phenoxy) is 1. The van der Waals surface area contributed by atoms with E-state index < -0.39 is 24.6 Å². The monoisotopic (exact) mass is 445 g/mol. The van der Waals surface area contributed by atoms with E-state index in [1.165, 1.54) is 19.2 Å². The Bertz CT molecular complexity index is 1060. The molecule has 1 unspecified atom stereocenters. The van der Waals surface area contributed by atoms with Gasteiger partial charge in [0, 0.05) is 12.1 Å². The smallest absolute Gasteiger partial charge is 0.389 e. The van der Waals surface area contributed by atoms with Crippen LogP contribution >= 0.6 is 0 Å². The third-order valence-corrected chi connectivity index (χ3v) is 5.19. The normalized spacial score (nSPS) is 12.3. The molecule has 7 heteroatoms. The molecule has 0 radical (unpaired) electrons. The van der Waals surface area contributed by atoms with Crippen molar-refractivity contribution in [1.29, 1.82) is 0 Å². The second-order valence-electron chi connectivity index (χ2n) is 7.50. The van der Waals surface area contributed by atoms with Gasteiger partial charge in [0.1, 0.15) is 5.82 Å². The van der Waals surface area contributed by atoms with E-state index in [1.54, 1.807) is 42.5 Å². The number of esters is 1. The molecule has 0 amide bonds. The molecular weight excluding hydrogens is 422 g/mol. The van der Waals surface area contributed by atoms with Crippen molar-refractivity contribution in [3.05, 3.63) is 89.2 Å². The minimum Gasteiger partial charge on any atom is -0.465 e. The van der Waals surface area contributed by atoms with E-state index in [9.17, 15) is 22.4 Å². The molecular formula is C25H23F4NO2. The van der Waals surface area contributed by atoms with Crippen LogP contribution in [-0.2, 0) is 4.74 Å². The van der Waals surface area contributed by atoms with Gasteiger partial charge in [0.25, 0.3) is 0 Å². The Morgan fingerprint density at radius 2 is 1.59 bits per heavy atom. The first kappa shape index (κ1) is 23.3. The molecule has 0 bridgehead atoms. The molecule has 3 aromatic rings. The maximum atomic E-state index is 13.2. The van der Waals surface area contributed by atoms with Crippen LogP contribution in [0.4, 0.5) is 23.2 Å². The highest BCUT2D eigenvalue weighted by molar-refractivity contribution is 5.89. The van der Waals surface area contributed by atoms with E-state index in [-0.39, 0.29) is 12.2 Å². The SMILES string of the molecule is COC(=O)c1ccc(NC(CCC(F)(F)F)c2ccc(-c3ccc(F)cc3)cc2C)cc1. The van der Waals surface area contributed by atoms with Crippen LogP contribution in [0.15, 0.2) is 66.7 Å². The van der Waals surface area contributed by atoms with Crippen molar-refractivity contribution in [3.8, 4) is 11.1 Å². The number of carbonyl (C=O) groups is 1. The molecule has 0 spiro atoms. The van der Waals surface area contributed by atoms with Gasteiger partial charge in [-0.05, 0) is 72.0 Å². The summed E-state index contributed by atoms with van der Waals surface area (Å²) < 4.78 is 56.8. The minimum absolute atomic E-state index is 0.154. The van der Waals surface area contributed by atoms with E-state index >= 15 is 0 Å². The summed E-state index contributed by atoms with van der Waals surface area (Å²) in [5, 5.41) is 3.16. The number of hydrogen-bond donors (Lipinski definition) is 1. The van der Waals surface area contributed by atoms with Gasteiger partial charge in [-0.15, -0.1) is 0 Å². The maximum Gasteiger partial charge on any atom is 0.389 e. The summed E-state index contributed by atoms with van der Waals surface area (Å²) in [6, 6.07) is 17.3. The number of hydrogen-bond acceptors (Lipinski definition) is 3. The van der Waals surface area contributed by atoms with Gasteiger partial charge in [-0.1, -0.05) is 30.3 Å². The van der Waals surface area contributed by atoms with Crippen molar-refractivity contribution >= 4 is 11.7 Å². The van der Waals surface area contributed by atoms with E-state index in [0.717, 1.165) is 22.3 Å². The van der Waals surface area contributed by atoms with Gasteiger partial charge >= 0.3 is 12.1 Å². The first-order valence-electron chi connectivity index (χ1n) is 10.0. The lowest BCUT2D eigenvalue weighted by atomic mass is 9.93. The maximum absolute atomic E-state index is 13.2. The van der Waals surface area contributed by atoms with Crippen molar-refractivity contribution in [1.82, 2.24) is 0 Å². The Labute approximate surface area is 184 Å². The highest BCUT2D eigenvalue weighted by Gasteiger charge is 2.29. The van der Waals surface area contributed by atoms with Gasteiger partial charge in [-0.3, -0.25) is 0 Å². The quantitative estimate of drug-likeness (QED) is 0.312. The van der Waals surface area contributed by atoms with E-state index in [2.05, 4.69) is 10.1 Å². The highest BCUT2D eigenvalue weighted by atomic mass is 19.4. The molecule has 0 saturated carbocycles. The van der Waals surface area contributed by atoms with Crippen LogP contribution in [-0.4, -0.2) is 19.3 Å². The Morgan fingerprint density at radius 3 is 2.16 bits per heavy atom. The number of anilines is 1. The van der Waals surface area contributed by atoms with Crippen LogP contribution in [0.25, 0.3) is 11.1 Å². The Balaban J connectivity index is 1.87. The molecule has 0 fully saturated rings. The van der Waals surface area contributed by atoms with Crippen LogP contribution < -0.4 is 5.32 Å². The molecule has 0 aliphatic rings. The molecule has 168 valence electrons. The summed E-state index contributed by atoms with van der Waals surface area (Å²) in [6.45, 7) is 1.84. The van der Waals surface area contributed by atoms with Gasteiger partial charge < -0.3 is 10.1 Å². The second kappa shape index (κ2) is 9.85. The number of methoxy groups -OCH3 is 1. The summed E-state index contributed by atoms with van der Waals surface area (Å²) in [6.07, 6.45) is -5.38. The number of halogens is 4.